The summed E-state index contributed by atoms with van der Waals surface area (Å²) in [7, 11) is 0. The molecule has 100 heavy (non-hydrogen) atoms. The molecule has 4 heterocycles. The van der Waals surface area contributed by atoms with Gasteiger partial charge in [-0.2, -0.15) is 21.0 Å². The molecular formula is C82H87Cl4FN8OS4. The monoisotopic (exact) mass is 1490 g/mol. The fourth-order valence-corrected chi connectivity index (χ4v) is 18.7. The smallest absolute Gasteiger partial charge is 0.103 e. The van der Waals surface area contributed by atoms with Crippen LogP contribution in [0.3, 0.4) is 0 Å². The molecular weight excluding hydrogens is 1400 g/mol. The number of nitriles is 4. The molecule has 4 saturated heterocycles. The van der Waals surface area contributed by atoms with Gasteiger partial charge in [-0.15, -0.1) is 0 Å². The predicted molar refractivity (Wildman–Crippen MR) is 413 cm³/mol. The topological polar surface area (TPSA) is 117 Å². The molecule has 0 amide bonds. The van der Waals surface area contributed by atoms with Gasteiger partial charge in [0.1, 0.15) is 6.17 Å². The lowest BCUT2D eigenvalue weighted by Crippen LogP contribution is -2.38. The van der Waals surface area contributed by atoms with E-state index in [1.807, 2.05) is 123 Å². The maximum absolute atomic E-state index is 13.4. The van der Waals surface area contributed by atoms with Crippen LogP contribution in [-0.2, 0) is 30.9 Å². The van der Waals surface area contributed by atoms with E-state index in [0.29, 0.717) is 24.0 Å². The number of alkyl halides is 1. The van der Waals surface area contributed by atoms with E-state index in [9.17, 15) is 25.4 Å². The van der Waals surface area contributed by atoms with Crippen LogP contribution in [0.4, 0.5) is 4.39 Å². The van der Waals surface area contributed by atoms with Gasteiger partial charge in [0.25, 0.3) is 0 Å². The number of rotatable bonds is 16. The van der Waals surface area contributed by atoms with Crippen molar-refractivity contribution in [2.24, 2.45) is 17.8 Å². The van der Waals surface area contributed by atoms with Crippen LogP contribution in [0.2, 0.25) is 20.1 Å². The third-order valence-electron chi connectivity index (χ3n) is 17.7. The SMILES string of the molecule is Cc1cc(Cl)cc(Sc2ccc(C#N)cc2CN2CC(C)CC(C)C2)c1.Cc1cc(Cl)cc(Sc2ccc(C#N)cc2CN2CCC(C)CC2)c1.Cc1cc(Cl)cc(Sc2ccc(C#N)cc2CN2CCC(F)CC2)c1.Cc1cc(Cl)cc(Sc2ccc(C#N)cc2CN2CCOCC2)c1. The number of halogens is 5. The van der Waals surface area contributed by atoms with Gasteiger partial charge in [0.2, 0.25) is 0 Å². The second kappa shape index (κ2) is 39.0. The summed E-state index contributed by atoms with van der Waals surface area (Å²) in [6.45, 7) is 28.0. The minimum absolute atomic E-state index is 0.591. The molecule has 18 heteroatoms. The van der Waals surface area contributed by atoms with Crippen molar-refractivity contribution in [3.05, 3.63) is 232 Å². The minimum atomic E-state index is -0.676. The number of nitrogens with zero attached hydrogens (tertiary/aromatic N) is 8. The van der Waals surface area contributed by atoms with Crippen LogP contribution in [0.1, 0.15) is 120 Å². The highest BCUT2D eigenvalue weighted by molar-refractivity contribution is 8.00. The van der Waals surface area contributed by atoms with Gasteiger partial charge in [-0.1, -0.05) is 114 Å². The van der Waals surface area contributed by atoms with Crippen molar-refractivity contribution in [2.75, 3.05) is 65.6 Å². The Morgan fingerprint density at radius 2 is 0.660 bits per heavy atom. The largest absolute Gasteiger partial charge is 0.379 e. The first-order chi connectivity index (χ1) is 48.1. The Morgan fingerprint density at radius 3 is 0.950 bits per heavy atom. The van der Waals surface area contributed by atoms with Crippen molar-refractivity contribution in [3.8, 4) is 24.3 Å². The Hall–Kier alpha value is -5.99. The zero-order valence-corrected chi connectivity index (χ0v) is 64.4. The molecule has 4 fully saturated rings. The van der Waals surface area contributed by atoms with Crippen LogP contribution in [0.25, 0.3) is 0 Å². The van der Waals surface area contributed by atoms with E-state index < -0.39 is 6.17 Å². The number of ether oxygens (including phenoxy) is 1. The van der Waals surface area contributed by atoms with Gasteiger partial charge in [0, 0.05) is 125 Å². The van der Waals surface area contributed by atoms with E-state index >= 15 is 0 Å². The van der Waals surface area contributed by atoms with E-state index in [1.165, 1.54) is 50.6 Å². The Bertz CT molecular complexity index is 4040. The first-order valence-electron chi connectivity index (χ1n) is 34.2. The molecule has 0 aliphatic carbocycles. The molecule has 0 saturated carbocycles. The van der Waals surface area contributed by atoms with Crippen molar-refractivity contribution in [3.63, 3.8) is 0 Å². The van der Waals surface area contributed by atoms with Gasteiger partial charge in [-0.25, -0.2) is 4.39 Å². The lowest BCUT2D eigenvalue weighted by Gasteiger charge is -2.35. The summed E-state index contributed by atoms with van der Waals surface area (Å²) in [5, 5.41) is 40.0. The van der Waals surface area contributed by atoms with Crippen LogP contribution in [0, 0.1) is 90.8 Å². The Morgan fingerprint density at radius 1 is 0.380 bits per heavy atom. The molecule has 2 unspecified atom stereocenters. The number of piperidine rings is 3. The highest BCUT2D eigenvalue weighted by atomic mass is 35.5. The second-order valence-corrected chi connectivity index (χ2v) is 33.1. The molecule has 0 aromatic heterocycles. The molecule has 0 N–H and O–H groups in total. The summed E-state index contributed by atoms with van der Waals surface area (Å²) >= 11 is 31.6. The molecule has 8 aromatic carbocycles. The first-order valence-corrected chi connectivity index (χ1v) is 38.9. The number of aryl methyl sites for hydroxylation is 4. The maximum Gasteiger partial charge on any atom is 0.103 e. The van der Waals surface area contributed by atoms with Gasteiger partial charge in [0.15, 0.2) is 0 Å². The number of hydrogen-bond donors (Lipinski definition) is 0. The van der Waals surface area contributed by atoms with Crippen LogP contribution in [0.15, 0.2) is 185 Å². The quantitative estimate of drug-likeness (QED) is 0.0914. The van der Waals surface area contributed by atoms with E-state index in [1.54, 1.807) is 47.0 Å². The summed E-state index contributed by atoms with van der Waals surface area (Å²) in [6.07, 6.45) is 4.33. The van der Waals surface area contributed by atoms with E-state index in [2.05, 4.69) is 115 Å². The van der Waals surface area contributed by atoms with Crippen LogP contribution >= 0.6 is 93.5 Å². The van der Waals surface area contributed by atoms with Crippen LogP contribution < -0.4 is 0 Å². The average Bonchev–Trinajstić information content (AvgIpc) is 0.847. The van der Waals surface area contributed by atoms with Crippen LogP contribution in [-0.4, -0.2) is 91.3 Å². The number of benzene rings is 8. The van der Waals surface area contributed by atoms with Gasteiger partial charge in [0.05, 0.1) is 59.7 Å². The predicted octanol–water partition coefficient (Wildman–Crippen LogP) is 22.2. The molecule has 2 atom stereocenters. The van der Waals surface area contributed by atoms with Crippen molar-refractivity contribution < 1.29 is 9.13 Å². The molecule has 12 rings (SSSR count). The Kier molecular flexibility index (Phi) is 30.5. The maximum atomic E-state index is 13.4. The standard InChI is InChI=1S/C22H25ClN2S.C21H23ClN2S.C20H20ClFN2S.C19H19ClN2OS/c1-15-7-20(23)10-21(8-15)26-22-5-4-18(11-24)9-19(22)14-25-12-16(2)6-17(3)13-25;1-15-5-7-24(8-6-15)14-18-11-17(13-23)3-4-21(18)25-20-10-16(2)9-19(22)12-20;1-14-8-17(21)11-19(9-14)25-20-3-2-15(12-23)10-16(20)13-24-6-4-18(22)5-7-24;1-14-8-17(20)11-18(9-14)24-19-3-2-15(12-21)10-16(19)13-22-4-6-23-7-5-22/h4-5,7-10,16-17H,6,12-14H2,1-3H3;3-4,9-12,15H,5-8,14H2,1-2H3;2-3,8-11,18H,4-7,13H2,1H3;2-3,8-11H,4-7,13H2,1H3. The summed E-state index contributed by atoms with van der Waals surface area (Å²) < 4.78 is 18.8. The number of morpholine rings is 1. The van der Waals surface area contributed by atoms with Gasteiger partial charge in [-0.3, -0.25) is 19.6 Å². The fraction of sp³-hybridized carbons (Fsp3) is 0.366. The number of likely N-dealkylation sites (tertiary alicyclic amines) is 3. The summed E-state index contributed by atoms with van der Waals surface area (Å²) in [5.41, 5.74) is 12.2. The Balaban J connectivity index is 0.000000156. The third-order valence-corrected chi connectivity index (χ3v) is 23.0. The number of hydrogen-bond acceptors (Lipinski definition) is 13. The van der Waals surface area contributed by atoms with E-state index in [0.717, 1.165) is 193 Å². The first kappa shape index (κ1) is 78.2. The van der Waals surface area contributed by atoms with Crippen LogP contribution in [0.5, 0.6) is 0 Å². The summed E-state index contributed by atoms with van der Waals surface area (Å²) in [6, 6.07) is 57.1. The van der Waals surface area contributed by atoms with Gasteiger partial charge in [-0.05, 0) is 281 Å². The lowest BCUT2D eigenvalue weighted by molar-refractivity contribution is 0.0338. The van der Waals surface area contributed by atoms with Gasteiger partial charge >= 0.3 is 0 Å². The molecule has 4 aliphatic rings. The molecule has 0 bridgehead atoms. The molecule has 520 valence electrons. The molecule has 8 aromatic rings. The van der Waals surface area contributed by atoms with Crippen molar-refractivity contribution in [1.82, 2.24) is 19.6 Å². The third kappa shape index (κ3) is 25.2. The Labute approximate surface area is 630 Å². The van der Waals surface area contributed by atoms with Crippen molar-refractivity contribution in [1.29, 1.82) is 21.0 Å². The highest BCUT2D eigenvalue weighted by Gasteiger charge is 2.25. The zero-order chi connectivity index (χ0) is 71.2. The normalized spacial score (nSPS) is 17.0. The zero-order valence-electron chi connectivity index (χ0n) is 58.1. The van der Waals surface area contributed by atoms with Crippen molar-refractivity contribution >= 4 is 93.5 Å². The fourth-order valence-electron chi connectivity index (χ4n) is 13.0. The molecule has 4 aliphatic heterocycles. The average molecular weight is 1490 g/mol. The molecule has 9 nitrogen and oxygen atoms in total. The minimum Gasteiger partial charge on any atom is -0.379 e. The summed E-state index contributed by atoms with van der Waals surface area (Å²) in [4.78, 5) is 18.8. The molecule has 0 spiro atoms. The van der Waals surface area contributed by atoms with E-state index in [-0.39, 0.29) is 0 Å². The highest BCUT2D eigenvalue weighted by Crippen LogP contribution is 2.39. The lowest BCUT2D eigenvalue weighted by atomic mass is 9.91. The molecule has 0 radical (unpaired) electrons. The summed E-state index contributed by atoms with van der Waals surface area (Å²) in [5.74, 6) is 2.28. The van der Waals surface area contributed by atoms with Gasteiger partial charge < -0.3 is 4.74 Å². The second-order valence-electron chi connectivity index (χ2n) is 26.9. The van der Waals surface area contributed by atoms with E-state index in [4.69, 9.17) is 51.1 Å². The van der Waals surface area contributed by atoms with Crippen molar-refractivity contribution in [2.45, 2.75) is 152 Å².